The standard InChI is InChI=1S/C15H9ClF3NO/c16-8-11-3-6-13(7-14(11)15(17,18)19)21-12-4-1-10(9-20)2-5-12/h1-7H,8H2. The van der Waals surface area contributed by atoms with Crippen LogP contribution in [0.2, 0.25) is 0 Å². The zero-order valence-corrected chi connectivity index (χ0v) is 11.4. The van der Waals surface area contributed by atoms with Crippen molar-refractivity contribution in [1.82, 2.24) is 0 Å². The van der Waals surface area contributed by atoms with Gasteiger partial charge in [-0.3, -0.25) is 0 Å². The molecular weight excluding hydrogens is 303 g/mol. The molecule has 0 unspecified atom stereocenters. The van der Waals surface area contributed by atoms with E-state index in [1.54, 1.807) is 0 Å². The highest BCUT2D eigenvalue weighted by molar-refractivity contribution is 6.17. The van der Waals surface area contributed by atoms with Crippen LogP contribution in [0.3, 0.4) is 0 Å². The Morgan fingerprint density at radius 2 is 1.67 bits per heavy atom. The largest absolute Gasteiger partial charge is 0.457 e. The molecule has 2 aromatic carbocycles. The molecule has 6 heteroatoms. The lowest BCUT2D eigenvalue weighted by atomic mass is 10.1. The molecule has 2 aromatic rings. The quantitative estimate of drug-likeness (QED) is 0.738. The molecule has 0 saturated carbocycles. The SMILES string of the molecule is N#Cc1ccc(Oc2ccc(CCl)c(C(F)(F)F)c2)cc1. The minimum atomic E-state index is -4.49. The maximum Gasteiger partial charge on any atom is 0.416 e. The van der Waals surface area contributed by atoms with Crippen LogP contribution in [0.25, 0.3) is 0 Å². The van der Waals surface area contributed by atoms with Crippen LogP contribution in [0.5, 0.6) is 11.5 Å². The lowest BCUT2D eigenvalue weighted by Gasteiger charge is -2.13. The van der Waals surface area contributed by atoms with E-state index >= 15 is 0 Å². The summed E-state index contributed by atoms with van der Waals surface area (Å²) >= 11 is 5.51. The van der Waals surface area contributed by atoms with Crippen LogP contribution in [0.15, 0.2) is 42.5 Å². The number of alkyl halides is 4. The maximum atomic E-state index is 12.9. The number of benzene rings is 2. The molecule has 21 heavy (non-hydrogen) atoms. The Kier molecular flexibility index (Phi) is 4.39. The van der Waals surface area contributed by atoms with Gasteiger partial charge in [0.15, 0.2) is 0 Å². The van der Waals surface area contributed by atoms with Crippen LogP contribution in [-0.2, 0) is 12.1 Å². The summed E-state index contributed by atoms with van der Waals surface area (Å²) in [6.45, 7) is 0. The Labute approximate surface area is 124 Å². The fourth-order valence-corrected chi connectivity index (χ4v) is 1.97. The maximum absolute atomic E-state index is 12.9. The highest BCUT2D eigenvalue weighted by Gasteiger charge is 2.33. The number of nitrogens with zero attached hydrogens (tertiary/aromatic N) is 1. The first-order valence-electron chi connectivity index (χ1n) is 5.88. The van der Waals surface area contributed by atoms with Gasteiger partial charge in [-0.25, -0.2) is 0 Å². The predicted molar refractivity (Wildman–Crippen MR) is 72.2 cm³/mol. The highest BCUT2D eigenvalue weighted by Crippen LogP contribution is 2.36. The van der Waals surface area contributed by atoms with Crippen LogP contribution in [0, 0.1) is 11.3 Å². The molecule has 0 aliphatic rings. The third kappa shape index (κ3) is 3.67. The monoisotopic (exact) mass is 311 g/mol. The summed E-state index contributed by atoms with van der Waals surface area (Å²) in [4.78, 5) is 0. The average molecular weight is 312 g/mol. The third-order valence-electron chi connectivity index (χ3n) is 2.75. The van der Waals surface area contributed by atoms with Crippen LogP contribution >= 0.6 is 11.6 Å². The molecular formula is C15H9ClF3NO. The van der Waals surface area contributed by atoms with Gasteiger partial charge in [0.2, 0.25) is 0 Å². The Balaban J connectivity index is 2.30. The lowest BCUT2D eigenvalue weighted by molar-refractivity contribution is -0.138. The fraction of sp³-hybridized carbons (Fsp3) is 0.133. The molecule has 2 rings (SSSR count). The number of hydrogen-bond acceptors (Lipinski definition) is 2. The Bertz CT molecular complexity index is 675. The zero-order chi connectivity index (χ0) is 15.5. The minimum absolute atomic E-state index is 0.00338. The van der Waals surface area contributed by atoms with E-state index in [9.17, 15) is 13.2 Å². The van der Waals surface area contributed by atoms with E-state index in [0.717, 1.165) is 6.07 Å². The van der Waals surface area contributed by atoms with Gasteiger partial charge in [-0.2, -0.15) is 18.4 Å². The fourth-order valence-electron chi connectivity index (χ4n) is 1.73. The van der Waals surface area contributed by atoms with Crippen molar-refractivity contribution < 1.29 is 17.9 Å². The average Bonchev–Trinajstić information content (AvgIpc) is 2.47. The van der Waals surface area contributed by atoms with E-state index in [4.69, 9.17) is 21.6 Å². The van der Waals surface area contributed by atoms with Crippen molar-refractivity contribution in [2.45, 2.75) is 12.1 Å². The Morgan fingerprint density at radius 3 is 2.19 bits per heavy atom. The predicted octanol–water partition coefficient (Wildman–Crippen LogP) is 5.11. The summed E-state index contributed by atoms with van der Waals surface area (Å²) in [6, 6.07) is 11.6. The van der Waals surface area contributed by atoms with E-state index in [2.05, 4.69) is 0 Å². The van der Waals surface area contributed by atoms with Crippen molar-refractivity contribution in [3.63, 3.8) is 0 Å². The van der Waals surface area contributed by atoms with Gasteiger partial charge in [-0.05, 0) is 42.0 Å². The van der Waals surface area contributed by atoms with Crippen molar-refractivity contribution in [1.29, 1.82) is 5.26 Å². The molecule has 0 atom stereocenters. The molecule has 2 nitrogen and oxygen atoms in total. The van der Waals surface area contributed by atoms with Crippen molar-refractivity contribution in [2.24, 2.45) is 0 Å². The summed E-state index contributed by atoms with van der Waals surface area (Å²) in [5, 5.41) is 8.67. The van der Waals surface area contributed by atoms with E-state index in [0.29, 0.717) is 11.3 Å². The second-order valence-electron chi connectivity index (χ2n) is 4.19. The summed E-state index contributed by atoms with van der Waals surface area (Å²) in [7, 11) is 0. The number of rotatable bonds is 3. The van der Waals surface area contributed by atoms with E-state index in [1.165, 1.54) is 36.4 Å². The van der Waals surface area contributed by atoms with Gasteiger partial charge in [0, 0.05) is 5.88 Å². The second-order valence-corrected chi connectivity index (χ2v) is 4.46. The highest BCUT2D eigenvalue weighted by atomic mass is 35.5. The number of halogens is 4. The first-order chi connectivity index (χ1) is 9.94. The van der Waals surface area contributed by atoms with E-state index in [-0.39, 0.29) is 17.2 Å². The molecule has 0 radical (unpaired) electrons. The van der Waals surface area contributed by atoms with Crippen molar-refractivity contribution in [3.8, 4) is 17.6 Å². The lowest BCUT2D eigenvalue weighted by Crippen LogP contribution is -2.08. The molecule has 0 aliphatic carbocycles. The normalized spacial score (nSPS) is 11.0. The number of ether oxygens (including phenoxy) is 1. The topological polar surface area (TPSA) is 33.0 Å². The molecule has 0 N–H and O–H groups in total. The summed E-state index contributed by atoms with van der Waals surface area (Å²) in [5.41, 5.74) is -0.379. The number of nitriles is 1. The molecule has 0 saturated heterocycles. The minimum Gasteiger partial charge on any atom is -0.457 e. The summed E-state index contributed by atoms with van der Waals surface area (Å²) < 4.78 is 44.1. The second kappa shape index (κ2) is 6.06. The van der Waals surface area contributed by atoms with Gasteiger partial charge in [-0.15, -0.1) is 11.6 Å². The summed E-state index contributed by atoms with van der Waals surface area (Å²) in [6.07, 6.45) is -4.49. The molecule has 0 bridgehead atoms. The molecule has 0 fully saturated rings. The molecule has 108 valence electrons. The van der Waals surface area contributed by atoms with Crippen molar-refractivity contribution >= 4 is 11.6 Å². The first kappa shape index (κ1) is 15.2. The molecule has 0 aliphatic heterocycles. The van der Waals surface area contributed by atoms with Gasteiger partial charge in [0.25, 0.3) is 0 Å². The van der Waals surface area contributed by atoms with Gasteiger partial charge < -0.3 is 4.74 Å². The Hall–Kier alpha value is -2.19. The van der Waals surface area contributed by atoms with Gasteiger partial charge in [0.1, 0.15) is 11.5 Å². The van der Waals surface area contributed by atoms with Gasteiger partial charge in [-0.1, -0.05) is 6.07 Å². The zero-order valence-electron chi connectivity index (χ0n) is 10.6. The molecule has 0 amide bonds. The molecule has 0 aromatic heterocycles. The first-order valence-corrected chi connectivity index (χ1v) is 6.41. The van der Waals surface area contributed by atoms with Crippen molar-refractivity contribution in [3.05, 3.63) is 59.2 Å². The summed E-state index contributed by atoms with van der Waals surface area (Å²) in [5.74, 6) is 0.174. The van der Waals surface area contributed by atoms with Crippen LogP contribution < -0.4 is 4.74 Å². The number of hydrogen-bond donors (Lipinski definition) is 0. The van der Waals surface area contributed by atoms with E-state index < -0.39 is 11.7 Å². The van der Waals surface area contributed by atoms with Gasteiger partial charge >= 0.3 is 6.18 Å². The van der Waals surface area contributed by atoms with E-state index in [1.807, 2.05) is 6.07 Å². The Morgan fingerprint density at radius 1 is 1.05 bits per heavy atom. The van der Waals surface area contributed by atoms with Crippen LogP contribution in [0.1, 0.15) is 16.7 Å². The van der Waals surface area contributed by atoms with Crippen molar-refractivity contribution in [2.75, 3.05) is 0 Å². The van der Waals surface area contributed by atoms with Crippen LogP contribution in [0.4, 0.5) is 13.2 Å². The molecule has 0 heterocycles. The molecule has 0 spiro atoms. The van der Waals surface area contributed by atoms with Crippen LogP contribution in [-0.4, -0.2) is 0 Å². The smallest absolute Gasteiger partial charge is 0.416 e. The third-order valence-corrected chi connectivity index (χ3v) is 3.04. The van der Waals surface area contributed by atoms with Gasteiger partial charge in [0.05, 0.1) is 17.2 Å².